The summed E-state index contributed by atoms with van der Waals surface area (Å²) < 4.78 is 7.38. The fourth-order valence-corrected chi connectivity index (χ4v) is 3.24. The van der Waals surface area contributed by atoms with Gasteiger partial charge in [0.2, 0.25) is 0 Å². The molecule has 2 N–H and O–H groups in total. The van der Waals surface area contributed by atoms with Crippen LogP contribution in [0.15, 0.2) is 55.1 Å². The Morgan fingerprint density at radius 1 is 1.27 bits per heavy atom. The molecule has 0 radical (unpaired) electrons. The third-order valence-corrected chi connectivity index (χ3v) is 4.84. The highest BCUT2D eigenvalue weighted by atomic mass is 35.5. The monoisotopic (exact) mass is 426 g/mol. The SMILES string of the molecule is O=C(Nc1cccc(OCCn2cncn2)c1)c1cc(N2CCNC2=O)ccc1Cl. The van der Waals surface area contributed by atoms with Gasteiger partial charge in [0.25, 0.3) is 5.91 Å². The first-order valence-corrected chi connectivity index (χ1v) is 9.69. The van der Waals surface area contributed by atoms with E-state index >= 15 is 0 Å². The van der Waals surface area contributed by atoms with Crippen LogP contribution < -0.4 is 20.3 Å². The van der Waals surface area contributed by atoms with Crippen LogP contribution in [0.25, 0.3) is 0 Å². The first-order chi connectivity index (χ1) is 14.6. The van der Waals surface area contributed by atoms with E-state index in [1.807, 2.05) is 0 Å². The Labute approximate surface area is 177 Å². The number of anilines is 2. The summed E-state index contributed by atoms with van der Waals surface area (Å²) in [5, 5.41) is 9.87. The van der Waals surface area contributed by atoms with E-state index in [1.165, 1.54) is 6.33 Å². The number of nitrogens with zero attached hydrogens (tertiary/aromatic N) is 4. The molecule has 1 aromatic heterocycles. The zero-order chi connectivity index (χ0) is 20.9. The summed E-state index contributed by atoms with van der Waals surface area (Å²) >= 11 is 6.23. The largest absolute Gasteiger partial charge is 0.492 e. The summed E-state index contributed by atoms with van der Waals surface area (Å²) in [7, 11) is 0. The lowest BCUT2D eigenvalue weighted by Gasteiger charge is -2.16. The highest BCUT2D eigenvalue weighted by molar-refractivity contribution is 6.34. The summed E-state index contributed by atoms with van der Waals surface area (Å²) in [6.07, 6.45) is 3.08. The van der Waals surface area contributed by atoms with Crippen LogP contribution in [0.2, 0.25) is 5.02 Å². The normalized spacial score (nSPS) is 13.2. The van der Waals surface area contributed by atoms with E-state index in [4.69, 9.17) is 16.3 Å². The molecule has 4 rings (SSSR count). The predicted octanol–water partition coefficient (Wildman–Crippen LogP) is 2.79. The van der Waals surface area contributed by atoms with Crippen molar-refractivity contribution >= 4 is 34.9 Å². The number of nitrogens with one attached hydrogen (secondary N) is 2. The fourth-order valence-electron chi connectivity index (χ4n) is 3.04. The van der Waals surface area contributed by atoms with Crippen LogP contribution in [-0.4, -0.2) is 46.4 Å². The van der Waals surface area contributed by atoms with Gasteiger partial charge >= 0.3 is 6.03 Å². The smallest absolute Gasteiger partial charge is 0.321 e. The molecule has 9 nitrogen and oxygen atoms in total. The van der Waals surface area contributed by atoms with Gasteiger partial charge in [-0.2, -0.15) is 5.10 Å². The fraction of sp³-hybridized carbons (Fsp3) is 0.200. The van der Waals surface area contributed by atoms with Crippen LogP contribution in [0, 0.1) is 0 Å². The minimum atomic E-state index is -0.374. The van der Waals surface area contributed by atoms with E-state index in [1.54, 1.807) is 58.4 Å². The Morgan fingerprint density at radius 3 is 2.93 bits per heavy atom. The molecule has 1 aliphatic rings. The molecule has 0 saturated carbocycles. The average Bonchev–Trinajstić information content (AvgIpc) is 3.40. The van der Waals surface area contributed by atoms with Gasteiger partial charge in [-0.15, -0.1) is 0 Å². The van der Waals surface area contributed by atoms with Crippen LogP contribution in [-0.2, 0) is 6.54 Å². The summed E-state index contributed by atoms with van der Waals surface area (Å²) in [6, 6.07) is 11.8. The third-order valence-electron chi connectivity index (χ3n) is 4.51. The molecule has 0 spiro atoms. The Balaban J connectivity index is 1.42. The van der Waals surface area contributed by atoms with Gasteiger partial charge in [0.1, 0.15) is 25.0 Å². The second-order valence-electron chi connectivity index (χ2n) is 6.54. The summed E-state index contributed by atoms with van der Waals surface area (Å²) in [4.78, 5) is 30.1. The maximum Gasteiger partial charge on any atom is 0.321 e. The van der Waals surface area contributed by atoms with E-state index in [0.717, 1.165) is 0 Å². The second-order valence-corrected chi connectivity index (χ2v) is 6.94. The van der Waals surface area contributed by atoms with Crippen molar-refractivity contribution in [2.75, 3.05) is 29.9 Å². The molecule has 3 amide bonds. The number of hydrogen-bond acceptors (Lipinski definition) is 5. The zero-order valence-electron chi connectivity index (χ0n) is 15.9. The van der Waals surface area contributed by atoms with E-state index < -0.39 is 0 Å². The molecule has 30 heavy (non-hydrogen) atoms. The second kappa shape index (κ2) is 8.83. The van der Waals surface area contributed by atoms with Crippen molar-refractivity contribution in [2.45, 2.75) is 6.54 Å². The molecular weight excluding hydrogens is 408 g/mol. The highest BCUT2D eigenvalue weighted by Crippen LogP contribution is 2.26. The number of carbonyl (C=O) groups is 2. The molecule has 154 valence electrons. The Bertz CT molecular complexity index is 1060. The van der Waals surface area contributed by atoms with Crippen molar-refractivity contribution in [3.63, 3.8) is 0 Å². The number of urea groups is 1. The quantitative estimate of drug-likeness (QED) is 0.605. The maximum atomic E-state index is 12.8. The molecule has 2 heterocycles. The first-order valence-electron chi connectivity index (χ1n) is 9.32. The van der Waals surface area contributed by atoms with E-state index in [-0.39, 0.29) is 17.5 Å². The van der Waals surface area contributed by atoms with Gasteiger partial charge in [-0.1, -0.05) is 17.7 Å². The number of aromatic nitrogens is 3. The van der Waals surface area contributed by atoms with Gasteiger partial charge in [-0.25, -0.2) is 14.5 Å². The lowest BCUT2D eigenvalue weighted by molar-refractivity contribution is 0.102. The molecule has 0 aliphatic carbocycles. The lowest BCUT2D eigenvalue weighted by atomic mass is 10.1. The van der Waals surface area contributed by atoms with Crippen molar-refractivity contribution < 1.29 is 14.3 Å². The summed E-state index contributed by atoms with van der Waals surface area (Å²) in [5.41, 5.74) is 1.47. The number of carbonyl (C=O) groups excluding carboxylic acids is 2. The highest BCUT2D eigenvalue weighted by Gasteiger charge is 2.23. The number of rotatable bonds is 7. The van der Waals surface area contributed by atoms with E-state index in [9.17, 15) is 9.59 Å². The van der Waals surface area contributed by atoms with Gasteiger partial charge < -0.3 is 15.4 Å². The minimum absolute atomic E-state index is 0.195. The van der Waals surface area contributed by atoms with Crippen LogP contribution in [0.5, 0.6) is 5.75 Å². The van der Waals surface area contributed by atoms with Gasteiger partial charge in [0.05, 0.1) is 17.1 Å². The van der Waals surface area contributed by atoms with E-state index in [2.05, 4.69) is 20.7 Å². The van der Waals surface area contributed by atoms with Crippen molar-refractivity contribution in [1.82, 2.24) is 20.1 Å². The maximum absolute atomic E-state index is 12.8. The number of ether oxygens (including phenoxy) is 1. The average molecular weight is 427 g/mol. The molecule has 1 fully saturated rings. The Morgan fingerprint density at radius 2 is 2.17 bits per heavy atom. The van der Waals surface area contributed by atoms with Crippen molar-refractivity contribution in [3.05, 3.63) is 65.7 Å². The standard InChI is InChI=1S/C20H19ClN6O3/c21-18-5-4-15(27-7-6-23-20(27)29)11-17(18)19(28)25-14-2-1-3-16(10-14)30-9-8-26-13-22-12-24-26/h1-5,10-13H,6-9H2,(H,23,29)(H,25,28). The first kappa shape index (κ1) is 19.7. The van der Waals surface area contributed by atoms with Crippen LogP contribution in [0.1, 0.15) is 10.4 Å². The van der Waals surface area contributed by atoms with Crippen LogP contribution in [0.3, 0.4) is 0 Å². The van der Waals surface area contributed by atoms with Crippen LogP contribution in [0.4, 0.5) is 16.2 Å². The molecule has 2 aromatic carbocycles. The molecule has 0 bridgehead atoms. The molecule has 3 aromatic rings. The van der Waals surface area contributed by atoms with Gasteiger partial charge in [-0.05, 0) is 30.3 Å². The Hall–Kier alpha value is -3.59. The number of benzene rings is 2. The van der Waals surface area contributed by atoms with Crippen molar-refractivity contribution in [3.8, 4) is 5.75 Å². The summed E-state index contributed by atoms with van der Waals surface area (Å²) in [5.74, 6) is 0.239. The molecule has 1 saturated heterocycles. The van der Waals surface area contributed by atoms with Crippen LogP contribution >= 0.6 is 11.6 Å². The lowest BCUT2D eigenvalue weighted by Crippen LogP contribution is -2.28. The summed E-state index contributed by atoms with van der Waals surface area (Å²) in [6.45, 7) is 2.07. The molecule has 0 atom stereocenters. The molecule has 10 heteroatoms. The molecular formula is C20H19ClN6O3. The predicted molar refractivity (Wildman–Crippen MR) is 112 cm³/mol. The van der Waals surface area contributed by atoms with E-state index in [0.29, 0.717) is 48.4 Å². The number of hydrogen-bond donors (Lipinski definition) is 2. The number of halogens is 1. The minimum Gasteiger partial charge on any atom is -0.492 e. The molecule has 0 unspecified atom stereocenters. The Kier molecular flexibility index (Phi) is 5.80. The third kappa shape index (κ3) is 4.52. The zero-order valence-corrected chi connectivity index (χ0v) is 16.7. The van der Waals surface area contributed by atoms with Crippen molar-refractivity contribution in [2.24, 2.45) is 0 Å². The molecule has 1 aliphatic heterocycles. The van der Waals surface area contributed by atoms with Crippen molar-refractivity contribution in [1.29, 1.82) is 0 Å². The topological polar surface area (TPSA) is 101 Å². The van der Waals surface area contributed by atoms with Gasteiger partial charge in [-0.3, -0.25) is 9.69 Å². The van der Waals surface area contributed by atoms with Gasteiger partial charge in [0, 0.05) is 30.5 Å². The van der Waals surface area contributed by atoms with Gasteiger partial charge in [0.15, 0.2) is 0 Å². The number of amides is 3.